The number of anilines is 1. The molecule has 1 aromatic heterocycles. The number of nitrogens with zero attached hydrogens (tertiary/aromatic N) is 3. The van der Waals surface area contributed by atoms with Gasteiger partial charge >= 0.3 is 0 Å². The quantitative estimate of drug-likeness (QED) is 0.616. The Balaban J connectivity index is 1.67. The van der Waals surface area contributed by atoms with Crippen LogP contribution < -0.4 is 10.1 Å². The maximum Gasteiger partial charge on any atom is 0.234 e. The number of carbonyl (C=O) groups is 1. The third-order valence-electron chi connectivity index (χ3n) is 3.32. The molecule has 0 bridgehead atoms. The van der Waals surface area contributed by atoms with Gasteiger partial charge in [0.1, 0.15) is 12.1 Å². The Bertz CT molecular complexity index is 867. The number of hydrogen-bond donors (Lipinski definition) is 1. The van der Waals surface area contributed by atoms with E-state index in [0.717, 1.165) is 15.8 Å². The van der Waals surface area contributed by atoms with E-state index in [1.807, 2.05) is 48.5 Å². The summed E-state index contributed by atoms with van der Waals surface area (Å²) in [4.78, 5) is 12.1. The summed E-state index contributed by atoms with van der Waals surface area (Å²) in [7, 11) is 1.61. The molecule has 0 atom stereocenters. The zero-order valence-electron chi connectivity index (χ0n) is 13.3. The minimum absolute atomic E-state index is 0.109. The van der Waals surface area contributed by atoms with Crippen molar-refractivity contribution < 1.29 is 9.53 Å². The van der Waals surface area contributed by atoms with Crippen LogP contribution in [0.15, 0.2) is 64.5 Å². The van der Waals surface area contributed by atoms with Gasteiger partial charge in [0.25, 0.3) is 0 Å². The van der Waals surface area contributed by atoms with E-state index in [9.17, 15) is 4.79 Å². The second kappa shape index (κ2) is 8.17. The van der Waals surface area contributed by atoms with Gasteiger partial charge < -0.3 is 10.1 Å². The fourth-order valence-electron chi connectivity index (χ4n) is 2.18. The van der Waals surface area contributed by atoms with Crippen molar-refractivity contribution in [2.24, 2.45) is 0 Å². The fraction of sp³-hybridized carbons (Fsp3) is 0.118. The van der Waals surface area contributed by atoms with Gasteiger partial charge in [-0.3, -0.25) is 9.36 Å². The van der Waals surface area contributed by atoms with E-state index in [0.29, 0.717) is 10.9 Å². The molecule has 0 saturated heterocycles. The average molecular weight is 419 g/mol. The van der Waals surface area contributed by atoms with Crippen LogP contribution in [0.3, 0.4) is 0 Å². The average Bonchev–Trinajstić information content (AvgIpc) is 3.10. The highest BCUT2D eigenvalue weighted by molar-refractivity contribution is 9.10. The molecule has 0 spiro atoms. The minimum Gasteiger partial charge on any atom is -0.495 e. The van der Waals surface area contributed by atoms with Crippen LogP contribution in [-0.2, 0) is 4.79 Å². The van der Waals surface area contributed by atoms with Gasteiger partial charge in [0.15, 0.2) is 5.16 Å². The smallest absolute Gasteiger partial charge is 0.234 e. The predicted octanol–water partition coefficient (Wildman–Crippen LogP) is 3.77. The molecule has 8 heteroatoms. The molecule has 2 aromatic carbocycles. The summed E-state index contributed by atoms with van der Waals surface area (Å²) in [5.74, 6) is 0.828. The van der Waals surface area contributed by atoms with Crippen LogP contribution in [0.5, 0.6) is 5.75 Å². The first-order chi connectivity index (χ1) is 12.2. The van der Waals surface area contributed by atoms with Crippen LogP contribution in [0.1, 0.15) is 0 Å². The van der Waals surface area contributed by atoms with Crippen LogP contribution in [0.2, 0.25) is 0 Å². The molecule has 25 heavy (non-hydrogen) atoms. The standard InChI is InChI=1S/C17H15BrN4O2S/c1-24-15-5-3-2-4-14(15)22-11-19-21-17(22)25-10-16(23)20-13-8-6-12(18)7-9-13/h2-9,11H,10H2,1H3,(H,20,23). The largest absolute Gasteiger partial charge is 0.495 e. The van der Waals surface area contributed by atoms with Gasteiger partial charge in [-0.1, -0.05) is 39.8 Å². The van der Waals surface area contributed by atoms with Crippen molar-refractivity contribution in [3.05, 3.63) is 59.3 Å². The van der Waals surface area contributed by atoms with Gasteiger partial charge in [0.05, 0.1) is 18.6 Å². The number of aromatic nitrogens is 3. The molecule has 3 aromatic rings. The molecule has 1 heterocycles. The zero-order chi connectivity index (χ0) is 17.6. The lowest BCUT2D eigenvalue weighted by molar-refractivity contribution is -0.113. The molecule has 6 nitrogen and oxygen atoms in total. The Hall–Kier alpha value is -2.32. The van der Waals surface area contributed by atoms with E-state index in [-0.39, 0.29) is 11.7 Å². The van der Waals surface area contributed by atoms with Crippen LogP contribution in [-0.4, -0.2) is 33.5 Å². The molecule has 1 amide bonds. The molecule has 0 aliphatic carbocycles. The molecule has 0 aliphatic rings. The van der Waals surface area contributed by atoms with Crippen molar-refractivity contribution in [2.75, 3.05) is 18.2 Å². The number of rotatable bonds is 6. The molecular weight excluding hydrogens is 404 g/mol. The molecule has 0 unspecified atom stereocenters. The number of halogens is 1. The number of thioether (sulfide) groups is 1. The van der Waals surface area contributed by atoms with Gasteiger partial charge in [-0.05, 0) is 36.4 Å². The first kappa shape index (κ1) is 17.5. The van der Waals surface area contributed by atoms with E-state index in [2.05, 4.69) is 31.4 Å². The highest BCUT2D eigenvalue weighted by Gasteiger charge is 2.13. The van der Waals surface area contributed by atoms with Crippen molar-refractivity contribution in [1.29, 1.82) is 0 Å². The van der Waals surface area contributed by atoms with Crippen molar-refractivity contribution in [3.63, 3.8) is 0 Å². The second-order valence-electron chi connectivity index (χ2n) is 5.00. The number of methoxy groups -OCH3 is 1. The summed E-state index contributed by atoms with van der Waals surface area (Å²) in [6.45, 7) is 0. The number of ether oxygens (including phenoxy) is 1. The van der Waals surface area contributed by atoms with E-state index < -0.39 is 0 Å². The van der Waals surface area contributed by atoms with E-state index >= 15 is 0 Å². The van der Waals surface area contributed by atoms with Gasteiger partial charge in [-0.25, -0.2) is 0 Å². The number of amides is 1. The summed E-state index contributed by atoms with van der Waals surface area (Å²) >= 11 is 4.68. The van der Waals surface area contributed by atoms with Crippen LogP contribution in [0.4, 0.5) is 5.69 Å². The molecule has 0 aliphatic heterocycles. The van der Waals surface area contributed by atoms with Crippen molar-refractivity contribution in [1.82, 2.24) is 14.8 Å². The van der Waals surface area contributed by atoms with Crippen molar-refractivity contribution >= 4 is 39.3 Å². The number of nitrogens with one attached hydrogen (secondary N) is 1. The first-order valence-electron chi connectivity index (χ1n) is 7.39. The summed E-state index contributed by atoms with van der Waals surface area (Å²) in [5.41, 5.74) is 1.57. The Labute approximate surface area is 157 Å². The maximum atomic E-state index is 12.1. The van der Waals surface area contributed by atoms with Crippen LogP contribution in [0.25, 0.3) is 5.69 Å². The van der Waals surface area contributed by atoms with Gasteiger partial charge in [0.2, 0.25) is 5.91 Å². The number of benzene rings is 2. The second-order valence-corrected chi connectivity index (χ2v) is 6.86. The summed E-state index contributed by atoms with van der Waals surface area (Å²) in [5, 5.41) is 11.5. The monoisotopic (exact) mass is 418 g/mol. The van der Waals surface area contributed by atoms with E-state index in [4.69, 9.17) is 4.74 Å². The Morgan fingerprint density at radius 3 is 2.76 bits per heavy atom. The van der Waals surface area contributed by atoms with Gasteiger partial charge in [0, 0.05) is 10.2 Å². The molecule has 0 fully saturated rings. The molecule has 1 N–H and O–H groups in total. The lowest BCUT2D eigenvalue weighted by Crippen LogP contribution is -2.14. The predicted molar refractivity (Wildman–Crippen MR) is 101 cm³/mol. The Morgan fingerprint density at radius 1 is 1.24 bits per heavy atom. The first-order valence-corrected chi connectivity index (χ1v) is 9.17. The molecule has 128 valence electrons. The summed E-state index contributed by atoms with van der Waals surface area (Å²) < 4.78 is 8.13. The lowest BCUT2D eigenvalue weighted by Gasteiger charge is -2.10. The maximum absolute atomic E-state index is 12.1. The lowest BCUT2D eigenvalue weighted by atomic mass is 10.3. The van der Waals surface area contributed by atoms with Gasteiger partial charge in [-0.2, -0.15) is 0 Å². The number of carbonyl (C=O) groups excluding carboxylic acids is 1. The fourth-order valence-corrected chi connectivity index (χ4v) is 3.16. The zero-order valence-corrected chi connectivity index (χ0v) is 15.8. The van der Waals surface area contributed by atoms with Crippen LogP contribution in [0, 0.1) is 0 Å². The highest BCUT2D eigenvalue weighted by atomic mass is 79.9. The highest BCUT2D eigenvalue weighted by Crippen LogP contribution is 2.26. The van der Waals surface area contributed by atoms with Gasteiger partial charge in [-0.15, -0.1) is 10.2 Å². The molecule has 0 saturated carbocycles. The topological polar surface area (TPSA) is 69.0 Å². The number of hydrogen-bond acceptors (Lipinski definition) is 5. The summed E-state index contributed by atoms with van der Waals surface area (Å²) in [6, 6.07) is 15.0. The third-order valence-corrected chi connectivity index (χ3v) is 4.79. The number of para-hydroxylation sites is 2. The van der Waals surface area contributed by atoms with Crippen molar-refractivity contribution in [2.45, 2.75) is 5.16 Å². The molecule has 0 radical (unpaired) electrons. The molecule has 3 rings (SSSR count). The molecular formula is C17H15BrN4O2S. The summed E-state index contributed by atoms with van der Waals surface area (Å²) in [6.07, 6.45) is 1.60. The Kier molecular flexibility index (Phi) is 5.72. The van der Waals surface area contributed by atoms with Crippen LogP contribution >= 0.6 is 27.7 Å². The van der Waals surface area contributed by atoms with E-state index in [1.165, 1.54) is 11.8 Å². The third kappa shape index (κ3) is 4.40. The Morgan fingerprint density at radius 2 is 2.00 bits per heavy atom. The normalized spacial score (nSPS) is 10.5. The minimum atomic E-state index is -0.109. The SMILES string of the molecule is COc1ccccc1-n1cnnc1SCC(=O)Nc1ccc(Br)cc1. The van der Waals surface area contributed by atoms with E-state index in [1.54, 1.807) is 18.0 Å². The van der Waals surface area contributed by atoms with Crippen molar-refractivity contribution in [3.8, 4) is 11.4 Å².